The lowest BCUT2D eigenvalue weighted by Crippen LogP contribution is -2.36. The smallest absolute Gasteiger partial charge is 0.244 e. The summed E-state index contributed by atoms with van der Waals surface area (Å²) in [5.74, 6) is -0.114. The Bertz CT molecular complexity index is 333. The van der Waals surface area contributed by atoms with Crippen LogP contribution < -0.4 is 11.1 Å². The summed E-state index contributed by atoms with van der Waals surface area (Å²) in [6, 6.07) is 9.69. The van der Waals surface area contributed by atoms with Crippen LogP contribution in [0.5, 0.6) is 0 Å². The Morgan fingerprint density at radius 3 is 2.73 bits per heavy atom. The SMILES string of the molecule is CC(CN)NC(=O)C=Cc1ccccc1. The number of nitrogens with two attached hydrogens (primary N) is 1. The van der Waals surface area contributed by atoms with E-state index in [2.05, 4.69) is 5.32 Å². The first-order valence-electron chi connectivity index (χ1n) is 4.96. The molecule has 0 spiro atoms. The van der Waals surface area contributed by atoms with Crippen LogP contribution in [-0.4, -0.2) is 18.5 Å². The molecule has 1 aromatic rings. The van der Waals surface area contributed by atoms with Crippen LogP contribution in [0.15, 0.2) is 36.4 Å². The van der Waals surface area contributed by atoms with Gasteiger partial charge in [0.05, 0.1) is 0 Å². The molecule has 0 aliphatic rings. The van der Waals surface area contributed by atoms with Crippen LogP contribution >= 0.6 is 0 Å². The Labute approximate surface area is 90.0 Å². The highest BCUT2D eigenvalue weighted by Gasteiger charge is 2.00. The third kappa shape index (κ3) is 4.42. The van der Waals surface area contributed by atoms with Gasteiger partial charge in [-0.05, 0) is 18.6 Å². The summed E-state index contributed by atoms with van der Waals surface area (Å²) in [7, 11) is 0. The predicted molar refractivity (Wildman–Crippen MR) is 62.1 cm³/mol. The van der Waals surface area contributed by atoms with E-state index >= 15 is 0 Å². The van der Waals surface area contributed by atoms with Crippen LogP contribution in [0.2, 0.25) is 0 Å². The molecule has 0 radical (unpaired) electrons. The third-order valence-corrected chi connectivity index (χ3v) is 1.97. The molecule has 3 N–H and O–H groups in total. The Hall–Kier alpha value is -1.61. The molecule has 1 atom stereocenters. The van der Waals surface area contributed by atoms with Crippen molar-refractivity contribution < 1.29 is 4.79 Å². The summed E-state index contributed by atoms with van der Waals surface area (Å²) in [5.41, 5.74) is 6.40. The zero-order chi connectivity index (χ0) is 11.1. The summed E-state index contributed by atoms with van der Waals surface area (Å²) >= 11 is 0. The number of nitrogens with one attached hydrogen (secondary N) is 1. The molecule has 0 aliphatic heterocycles. The van der Waals surface area contributed by atoms with Gasteiger partial charge in [-0.3, -0.25) is 4.79 Å². The molecular weight excluding hydrogens is 188 g/mol. The van der Waals surface area contributed by atoms with E-state index in [4.69, 9.17) is 5.73 Å². The van der Waals surface area contributed by atoms with Crippen molar-refractivity contribution in [1.82, 2.24) is 5.32 Å². The average molecular weight is 204 g/mol. The van der Waals surface area contributed by atoms with Gasteiger partial charge in [-0.1, -0.05) is 30.3 Å². The van der Waals surface area contributed by atoms with E-state index < -0.39 is 0 Å². The molecule has 3 heteroatoms. The van der Waals surface area contributed by atoms with Crippen molar-refractivity contribution in [3.8, 4) is 0 Å². The number of carbonyl (C=O) groups is 1. The van der Waals surface area contributed by atoms with Crippen molar-refractivity contribution in [2.45, 2.75) is 13.0 Å². The lowest BCUT2D eigenvalue weighted by atomic mass is 10.2. The molecule has 15 heavy (non-hydrogen) atoms. The van der Waals surface area contributed by atoms with Crippen molar-refractivity contribution in [1.29, 1.82) is 0 Å². The van der Waals surface area contributed by atoms with E-state index in [0.717, 1.165) is 5.56 Å². The number of amides is 1. The van der Waals surface area contributed by atoms with Gasteiger partial charge in [0, 0.05) is 18.7 Å². The largest absolute Gasteiger partial charge is 0.349 e. The zero-order valence-electron chi connectivity index (χ0n) is 8.81. The van der Waals surface area contributed by atoms with Gasteiger partial charge in [0.15, 0.2) is 0 Å². The first-order chi connectivity index (χ1) is 7.22. The number of hydrogen-bond donors (Lipinski definition) is 2. The second kappa shape index (κ2) is 5.98. The lowest BCUT2D eigenvalue weighted by molar-refractivity contribution is -0.116. The van der Waals surface area contributed by atoms with Crippen LogP contribution in [0.1, 0.15) is 12.5 Å². The first-order valence-corrected chi connectivity index (χ1v) is 4.96. The molecule has 0 fully saturated rings. The highest BCUT2D eigenvalue weighted by Crippen LogP contribution is 2.00. The molecule has 0 aromatic heterocycles. The molecule has 0 saturated heterocycles. The van der Waals surface area contributed by atoms with Gasteiger partial charge >= 0.3 is 0 Å². The Balaban J connectivity index is 2.48. The van der Waals surface area contributed by atoms with Gasteiger partial charge in [0.25, 0.3) is 0 Å². The molecule has 1 rings (SSSR count). The highest BCUT2D eigenvalue weighted by molar-refractivity contribution is 5.91. The van der Waals surface area contributed by atoms with E-state index in [-0.39, 0.29) is 11.9 Å². The molecule has 0 heterocycles. The lowest BCUT2D eigenvalue weighted by Gasteiger charge is -2.08. The summed E-state index contributed by atoms with van der Waals surface area (Å²) in [6.07, 6.45) is 3.29. The minimum atomic E-state index is -0.114. The minimum absolute atomic E-state index is 0.0120. The van der Waals surface area contributed by atoms with Crippen LogP contribution in [0, 0.1) is 0 Å². The van der Waals surface area contributed by atoms with Crippen LogP contribution in [-0.2, 0) is 4.79 Å². The molecule has 3 nitrogen and oxygen atoms in total. The molecule has 1 amide bonds. The fraction of sp³-hybridized carbons (Fsp3) is 0.250. The Morgan fingerprint density at radius 1 is 1.47 bits per heavy atom. The number of carbonyl (C=O) groups excluding carboxylic acids is 1. The topological polar surface area (TPSA) is 55.1 Å². The van der Waals surface area contributed by atoms with Gasteiger partial charge in [0.1, 0.15) is 0 Å². The van der Waals surface area contributed by atoms with Gasteiger partial charge in [-0.15, -0.1) is 0 Å². The maximum Gasteiger partial charge on any atom is 0.244 e. The fourth-order valence-electron chi connectivity index (χ4n) is 1.09. The summed E-state index contributed by atoms with van der Waals surface area (Å²) < 4.78 is 0. The average Bonchev–Trinajstić information content (AvgIpc) is 2.27. The highest BCUT2D eigenvalue weighted by atomic mass is 16.1. The van der Waals surface area contributed by atoms with Crippen molar-refractivity contribution in [3.05, 3.63) is 42.0 Å². The maximum atomic E-state index is 11.3. The van der Waals surface area contributed by atoms with Crippen LogP contribution in [0.4, 0.5) is 0 Å². The molecule has 0 aliphatic carbocycles. The van der Waals surface area contributed by atoms with Crippen LogP contribution in [0.25, 0.3) is 6.08 Å². The van der Waals surface area contributed by atoms with Gasteiger partial charge in [-0.25, -0.2) is 0 Å². The molecule has 1 unspecified atom stereocenters. The van der Waals surface area contributed by atoms with E-state index in [0.29, 0.717) is 6.54 Å². The van der Waals surface area contributed by atoms with E-state index in [1.165, 1.54) is 6.08 Å². The van der Waals surface area contributed by atoms with Gasteiger partial charge in [-0.2, -0.15) is 0 Å². The normalized spacial score (nSPS) is 12.7. The van der Waals surface area contributed by atoms with Crippen molar-refractivity contribution >= 4 is 12.0 Å². The Morgan fingerprint density at radius 2 is 2.13 bits per heavy atom. The van der Waals surface area contributed by atoms with Gasteiger partial charge in [0.2, 0.25) is 5.91 Å². The number of hydrogen-bond acceptors (Lipinski definition) is 2. The van der Waals surface area contributed by atoms with E-state index in [9.17, 15) is 4.79 Å². The standard InChI is InChI=1S/C12H16N2O/c1-10(9-13)14-12(15)8-7-11-5-3-2-4-6-11/h2-8,10H,9,13H2,1H3,(H,14,15). The molecule has 0 bridgehead atoms. The second-order valence-corrected chi connectivity index (χ2v) is 3.39. The van der Waals surface area contributed by atoms with Gasteiger partial charge < -0.3 is 11.1 Å². The summed E-state index contributed by atoms with van der Waals surface area (Å²) in [5, 5.41) is 2.75. The summed E-state index contributed by atoms with van der Waals surface area (Å²) in [4.78, 5) is 11.3. The van der Waals surface area contributed by atoms with Crippen molar-refractivity contribution in [2.75, 3.05) is 6.54 Å². The first kappa shape index (κ1) is 11.5. The third-order valence-electron chi connectivity index (χ3n) is 1.97. The van der Waals surface area contributed by atoms with E-state index in [1.807, 2.05) is 37.3 Å². The van der Waals surface area contributed by atoms with Crippen LogP contribution in [0.3, 0.4) is 0 Å². The number of benzene rings is 1. The Kier molecular flexibility index (Phi) is 4.57. The van der Waals surface area contributed by atoms with E-state index in [1.54, 1.807) is 6.08 Å². The maximum absolute atomic E-state index is 11.3. The second-order valence-electron chi connectivity index (χ2n) is 3.39. The quantitative estimate of drug-likeness (QED) is 0.723. The molecule has 1 aromatic carbocycles. The predicted octanol–water partition coefficient (Wildman–Crippen LogP) is 1.16. The zero-order valence-corrected chi connectivity index (χ0v) is 8.81. The monoisotopic (exact) mass is 204 g/mol. The molecular formula is C12H16N2O. The molecule has 80 valence electrons. The fourth-order valence-corrected chi connectivity index (χ4v) is 1.09. The number of rotatable bonds is 4. The summed E-state index contributed by atoms with van der Waals surface area (Å²) in [6.45, 7) is 2.32. The molecule has 0 saturated carbocycles. The van der Waals surface area contributed by atoms with Crippen molar-refractivity contribution in [2.24, 2.45) is 5.73 Å². The minimum Gasteiger partial charge on any atom is -0.349 e. The van der Waals surface area contributed by atoms with Crippen molar-refractivity contribution in [3.63, 3.8) is 0 Å².